The molecule has 0 saturated carbocycles. The first-order valence-corrected chi connectivity index (χ1v) is 7.08. The number of aromatic nitrogens is 2. The molecule has 0 bridgehead atoms. The van der Waals surface area contributed by atoms with Crippen molar-refractivity contribution in [3.05, 3.63) is 54.3 Å². The zero-order chi connectivity index (χ0) is 14.4. The van der Waals surface area contributed by atoms with Crippen molar-refractivity contribution in [3.63, 3.8) is 0 Å². The fourth-order valence-corrected chi connectivity index (χ4v) is 2.16. The topological polar surface area (TPSA) is 43.0 Å². The van der Waals surface area contributed by atoms with Gasteiger partial charge in [-0.25, -0.2) is 0 Å². The first kappa shape index (κ1) is 14.6. The summed E-state index contributed by atoms with van der Waals surface area (Å²) >= 11 is 0. The van der Waals surface area contributed by atoms with E-state index in [0.29, 0.717) is 6.04 Å². The van der Waals surface area contributed by atoms with Gasteiger partial charge in [0.05, 0.1) is 18.5 Å². The second kappa shape index (κ2) is 7.10. The molecule has 2 heterocycles. The summed E-state index contributed by atoms with van der Waals surface area (Å²) in [5, 5.41) is 7.99. The summed E-state index contributed by atoms with van der Waals surface area (Å²) in [7, 11) is 0. The molecule has 4 heteroatoms. The van der Waals surface area contributed by atoms with Gasteiger partial charge in [0.2, 0.25) is 0 Å². The van der Waals surface area contributed by atoms with Crippen LogP contribution >= 0.6 is 0 Å². The summed E-state index contributed by atoms with van der Waals surface area (Å²) in [4.78, 5) is 0. The second-order valence-corrected chi connectivity index (χ2v) is 5.15. The number of nitrogens with zero attached hydrogens (tertiary/aromatic N) is 2. The van der Waals surface area contributed by atoms with E-state index < -0.39 is 0 Å². The molecule has 4 nitrogen and oxygen atoms in total. The minimum absolute atomic E-state index is 0.447. The second-order valence-electron chi connectivity index (χ2n) is 5.15. The van der Waals surface area contributed by atoms with E-state index in [1.165, 1.54) is 5.56 Å². The fourth-order valence-electron chi connectivity index (χ4n) is 2.16. The molecular formula is C16H23N3O. The molecule has 0 aliphatic heterocycles. The Morgan fingerprint density at radius 2 is 2.40 bits per heavy atom. The van der Waals surface area contributed by atoms with Gasteiger partial charge in [0.25, 0.3) is 0 Å². The highest BCUT2D eigenvalue weighted by molar-refractivity contribution is 5.15. The number of nitrogens with one attached hydrogen (secondary N) is 1. The SMILES string of the molecule is C=CCn1cc(CNC(C)CCc2ccco2)c(C)n1. The number of rotatable bonds is 8. The number of allylic oxidation sites excluding steroid dienone is 1. The summed E-state index contributed by atoms with van der Waals surface area (Å²) < 4.78 is 7.27. The Labute approximate surface area is 120 Å². The molecule has 20 heavy (non-hydrogen) atoms. The molecule has 2 aromatic heterocycles. The van der Waals surface area contributed by atoms with Crippen LogP contribution in [-0.2, 0) is 19.5 Å². The molecule has 0 radical (unpaired) electrons. The highest BCUT2D eigenvalue weighted by Crippen LogP contribution is 2.08. The summed E-state index contributed by atoms with van der Waals surface area (Å²) in [6.45, 7) is 9.59. The van der Waals surface area contributed by atoms with Crippen molar-refractivity contribution >= 4 is 0 Å². The molecule has 0 spiro atoms. The van der Waals surface area contributed by atoms with Crippen molar-refractivity contribution in [1.82, 2.24) is 15.1 Å². The number of hydrogen-bond acceptors (Lipinski definition) is 3. The molecule has 1 unspecified atom stereocenters. The van der Waals surface area contributed by atoms with Gasteiger partial charge in [-0.15, -0.1) is 6.58 Å². The molecule has 108 valence electrons. The lowest BCUT2D eigenvalue weighted by atomic mass is 10.1. The van der Waals surface area contributed by atoms with Crippen LogP contribution in [0, 0.1) is 6.92 Å². The summed E-state index contributed by atoms with van der Waals surface area (Å²) in [6, 6.07) is 4.41. The molecule has 0 aliphatic rings. The largest absolute Gasteiger partial charge is 0.469 e. The summed E-state index contributed by atoms with van der Waals surface area (Å²) in [6.07, 6.45) is 7.70. The Hall–Kier alpha value is -1.81. The lowest BCUT2D eigenvalue weighted by molar-refractivity contribution is 0.459. The normalized spacial score (nSPS) is 12.5. The van der Waals surface area contributed by atoms with Gasteiger partial charge >= 0.3 is 0 Å². The predicted octanol–water partition coefficient (Wildman–Crippen LogP) is 3.08. The van der Waals surface area contributed by atoms with Crippen LogP contribution in [-0.4, -0.2) is 15.8 Å². The number of aryl methyl sites for hydroxylation is 2. The molecular weight excluding hydrogens is 250 g/mol. The van der Waals surface area contributed by atoms with Crippen molar-refractivity contribution in [3.8, 4) is 0 Å². The minimum Gasteiger partial charge on any atom is -0.469 e. The van der Waals surface area contributed by atoms with Crippen LogP contribution < -0.4 is 5.32 Å². The zero-order valence-electron chi connectivity index (χ0n) is 12.3. The maximum atomic E-state index is 5.35. The quantitative estimate of drug-likeness (QED) is 0.752. The average molecular weight is 273 g/mol. The highest BCUT2D eigenvalue weighted by Gasteiger charge is 2.07. The Balaban J connectivity index is 1.77. The first-order chi connectivity index (χ1) is 9.69. The third kappa shape index (κ3) is 4.10. The molecule has 0 saturated heterocycles. The van der Waals surface area contributed by atoms with Crippen molar-refractivity contribution in [2.24, 2.45) is 0 Å². The first-order valence-electron chi connectivity index (χ1n) is 7.08. The van der Waals surface area contributed by atoms with Gasteiger partial charge in [-0.3, -0.25) is 4.68 Å². The van der Waals surface area contributed by atoms with Crippen LogP contribution in [0.25, 0.3) is 0 Å². The van der Waals surface area contributed by atoms with Crippen molar-refractivity contribution in [2.45, 2.75) is 45.8 Å². The fraction of sp³-hybridized carbons (Fsp3) is 0.438. The summed E-state index contributed by atoms with van der Waals surface area (Å²) in [5.74, 6) is 1.05. The Morgan fingerprint density at radius 1 is 1.55 bits per heavy atom. The van der Waals surface area contributed by atoms with Crippen LogP contribution in [0.4, 0.5) is 0 Å². The third-order valence-electron chi connectivity index (χ3n) is 3.41. The van der Waals surface area contributed by atoms with Gasteiger partial charge in [0.15, 0.2) is 0 Å². The lowest BCUT2D eigenvalue weighted by Crippen LogP contribution is -2.26. The molecule has 0 aromatic carbocycles. The van der Waals surface area contributed by atoms with Gasteiger partial charge < -0.3 is 9.73 Å². The monoisotopic (exact) mass is 273 g/mol. The van der Waals surface area contributed by atoms with E-state index >= 15 is 0 Å². The molecule has 0 fully saturated rings. The van der Waals surface area contributed by atoms with E-state index in [0.717, 1.165) is 37.4 Å². The van der Waals surface area contributed by atoms with Crippen molar-refractivity contribution < 1.29 is 4.42 Å². The van der Waals surface area contributed by atoms with Crippen molar-refractivity contribution in [2.75, 3.05) is 0 Å². The van der Waals surface area contributed by atoms with E-state index in [2.05, 4.69) is 30.1 Å². The van der Waals surface area contributed by atoms with E-state index in [1.807, 2.05) is 29.8 Å². The van der Waals surface area contributed by atoms with Gasteiger partial charge in [0, 0.05) is 30.8 Å². The van der Waals surface area contributed by atoms with Crippen LogP contribution in [0.3, 0.4) is 0 Å². The predicted molar refractivity (Wildman–Crippen MR) is 80.5 cm³/mol. The zero-order valence-corrected chi connectivity index (χ0v) is 12.3. The van der Waals surface area contributed by atoms with Crippen LogP contribution in [0.1, 0.15) is 30.4 Å². The van der Waals surface area contributed by atoms with Gasteiger partial charge in [-0.1, -0.05) is 6.08 Å². The standard InChI is InChI=1S/C16H23N3O/c1-4-9-19-12-15(14(3)18-19)11-17-13(2)7-8-16-6-5-10-20-16/h4-6,10,12-13,17H,1,7-9,11H2,2-3H3. The average Bonchev–Trinajstić information content (AvgIpc) is 3.04. The maximum Gasteiger partial charge on any atom is 0.103 e. The molecule has 1 atom stereocenters. The smallest absolute Gasteiger partial charge is 0.103 e. The van der Waals surface area contributed by atoms with E-state index in [1.54, 1.807) is 6.26 Å². The van der Waals surface area contributed by atoms with Crippen molar-refractivity contribution in [1.29, 1.82) is 0 Å². The lowest BCUT2D eigenvalue weighted by Gasteiger charge is -2.12. The Bertz CT molecular complexity index is 528. The van der Waals surface area contributed by atoms with E-state index in [9.17, 15) is 0 Å². The number of furan rings is 1. The van der Waals surface area contributed by atoms with Gasteiger partial charge in [-0.05, 0) is 32.4 Å². The maximum absolute atomic E-state index is 5.35. The molecule has 1 N–H and O–H groups in total. The van der Waals surface area contributed by atoms with Crippen LogP contribution in [0.5, 0.6) is 0 Å². The van der Waals surface area contributed by atoms with Gasteiger partial charge in [0.1, 0.15) is 5.76 Å². The summed E-state index contributed by atoms with van der Waals surface area (Å²) in [5.41, 5.74) is 2.33. The van der Waals surface area contributed by atoms with Gasteiger partial charge in [-0.2, -0.15) is 5.10 Å². The molecule has 0 amide bonds. The van der Waals surface area contributed by atoms with E-state index in [4.69, 9.17) is 4.42 Å². The molecule has 2 aromatic rings. The van der Waals surface area contributed by atoms with E-state index in [-0.39, 0.29) is 0 Å². The molecule has 2 rings (SSSR count). The van der Waals surface area contributed by atoms with Crippen LogP contribution in [0.15, 0.2) is 41.7 Å². The highest BCUT2D eigenvalue weighted by atomic mass is 16.3. The Kier molecular flexibility index (Phi) is 5.18. The minimum atomic E-state index is 0.447. The Morgan fingerprint density at radius 3 is 3.10 bits per heavy atom. The molecule has 0 aliphatic carbocycles. The van der Waals surface area contributed by atoms with Crippen LogP contribution in [0.2, 0.25) is 0 Å². The number of hydrogen-bond donors (Lipinski definition) is 1. The third-order valence-corrected chi connectivity index (χ3v) is 3.41.